The van der Waals surface area contributed by atoms with Gasteiger partial charge in [0.1, 0.15) is 5.58 Å². The number of amides is 1. The van der Waals surface area contributed by atoms with E-state index in [1.165, 1.54) is 6.26 Å². The number of ether oxygens (including phenoxy) is 1. The van der Waals surface area contributed by atoms with E-state index in [0.717, 1.165) is 16.7 Å². The molecule has 1 aromatic carbocycles. The van der Waals surface area contributed by atoms with Gasteiger partial charge in [0.05, 0.1) is 37.1 Å². The number of fused-ring (bicyclic) bond motifs is 1. The van der Waals surface area contributed by atoms with E-state index in [1.807, 2.05) is 55.4 Å². The minimum absolute atomic E-state index is 0.0210. The number of aromatic nitrogens is 3. The Morgan fingerprint density at radius 3 is 2.78 bits per heavy atom. The number of rotatable bonds is 7. The Labute approximate surface area is 208 Å². The maximum Gasteiger partial charge on any atom is 0.237 e. The van der Waals surface area contributed by atoms with Gasteiger partial charge in [0, 0.05) is 62.9 Å². The molecule has 0 N–H and O–H groups in total. The zero-order valence-corrected chi connectivity index (χ0v) is 20.5. The normalized spacial score (nSPS) is 17.0. The van der Waals surface area contributed by atoms with E-state index in [1.54, 1.807) is 28.2 Å². The van der Waals surface area contributed by atoms with Crippen molar-refractivity contribution in [2.75, 3.05) is 19.6 Å². The van der Waals surface area contributed by atoms with Crippen molar-refractivity contribution in [1.29, 1.82) is 0 Å². The summed E-state index contributed by atoms with van der Waals surface area (Å²) in [6.07, 6.45) is 8.43. The highest BCUT2D eigenvalue weighted by atomic mass is 16.5. The minimum Gasteiger partial charge on any atom is -0.464 e. The van der Waals surface area contributed by atoms with Crippen LogP contribution < -0.4 is 5.43 Å². The second-order valence-corrected chi connectivity index (χ2v) is 9.35. The molecule has 3 aromatic heterocycles. The van der Waals surface area contributed by atoms with Gasteiger partial charge in [-0.25, -0.2) is 0 Å². The van der Waals surface area contributed by atoms with Gasteiger partial charge in [-0.15, -0.1) is 0 Å². The average molecular weight is 488 g/mol. The third-order valence-electron chi connectivity index (χ3n) is 6.33. The molecule has 9 heteroatoms. The Bertz CT molecular complexity index is 1410. The number of hydrogen-bond donors (Lipinski definition) is 0. The van der Waals surface area contributed by atoms with E-state index in [4.69, 9.17) is 9.15 Å². The first-order valence-corrected chi connectivity index (χ1v) is 11.9. The van der Waals surface area contributed by atoms with E-state index in [9.17, 15) is 9.59 Å². The Morgan fingerprint density at radius 2 is 2.00 bits per heavy atom. The molecule has 0 saturated carbocycles. The van der Waals surface area contributed by atoms with Gasteiger partial charge < -0.3 is 14.1 Å². The van der Waals surface area contributed by atoms with Crippen molar-refractivity contribution in [1.82, 2.24) is 24.6 Å². The summed E-state index contributed by atoms with van der Waals surface area (Å²) in [4.78, 5) is 34.4. The van der Waals surface area contributed by atoms with Crippen molar-refractivity contribution in [3.05, 3.63) is 93.9 Å². The molecule has 1 saturated heterocycles. The molecule has 0 bridgehead atoms. The van der Waals surface area contributed by atoms with Crippen molar-refractivity contribution in [3.8, 4) is 0 Å². The molecule has 9 nitrogen and oxygen atoms in total. The predicted molar refractivity (Wildman–Crippen MR) is 134 cm³/mol. The quantitative estimate of drug-likeness (QED) is 0.396. The van der Waals surface area contributed by atoms with Gasteiger partial charge in [0.25, 0.3) is 0 Å². The van der Waals surface area contributed by atoms with Crippen LogP contribution in [0, 0.1) is 6.92 Å². The molecule has 186 valence electrons. The molecule has 1 atom stereocenters. The smallest absolute Gasteiger partial charge is 0.237 e. The summed E-state index contributed by atoms with van der Waals surface area (Å²) in [6.45, 7) is 4.20. The lowest BCUT2D eigenvalue weighted by Crippen LogP contribution is -2.37. The summed E-state index contributed by atoms with van der Waals surface area (Å²) in [6, 6.07) is 9.40. The van der Waals surface area contributed by atoms with Crippen LogP contribution in [0.4, 0.5) is 0 Å². The van der Waals surface area contributed by atoms with E-state index in [2.05, 4.69) is 10.1 Å². The van der Waals surface area contributed by atoms with Gasteiger partial charge >= 0.3 is 0 Å². The van der Waals surface area contributed by atoms with Crippen molar-refractivity contribution < 1.29 is 13.9 Å². The SMILES string of the molecule is Cc1ccc2occ(CN3CC(=O)N(Cc4cnn(C)c4)CC(OCc4cccnc4)C3)c(=O)c2c1. The summed E-state index contributed by atoms with van der Waals surface area (Å²) in [5, 5.41) is 4.77. The summed E-state index contributed by atoms with van der Waals surface area (Å²) in [5.41, 5.74) is 3.91. The van der Waals surface area contributed by atoms with Crippen LogP contribution in [0.3, 0.4) is 0 Å². The Balaban J connectivity index is 1.37. The molecule has 5 rings (SSSR count). The monoisotopic (exact) mass is 487 g/mol. The molecule has 4 aromatic rings. The van der Waals surface area contributed by atoms with Crippen LogP contribution >= 0.6 is 0 Å². The molecular formula is C27H29N5O4. The number of carbonyl (C=O) groups excluding carboxylic acids is 1. The fourth-order valence-corrected chi connectivity index (χ4v) is 4.53. The lowest BCUT2D eigenvalue weighted by Gasteiger charge is -2.24. The zero-order valence-electron chi connectivity index (χ0n) is 20.5. The van der Waals surface area contributed by atoms with Gasteiger partial charge in [-0.2, -0.15) is 5.10 Å². The van der Waals surface area contributed by atoms with Crippen LogP contribution in [0.15, 0.2) is 70.6 Å². The lowest BCUT2D eigenvalue weighted by molar-refractivity contribution is -0.132. The van der Waals surface area contributed by atoms with Crippen LogP contribution in [0.2, 0.25) is 0 Å². The summed E-state index contributed by atoms with van der Waals surface area (Å²) in [5.74, 6) is -0.0210. The van der Waals surface area contributed by atoms with Gasteiger partial charge in [-0.3, -0.25) is 24.2 Å². The number of benzene rings is 1. The third-order valence-corrected chi connectivity index (χ3v) is 6.33. The summed E-state index contributed by atoms with van der Waals surface area (Å²) < 4.78 is 13.7. The summed E-state index contributed by atoms with van der Waals surface area (Å²) >= 11 is 0. The first-order chi connectivity index (χ1) is 17.4. The van der Waals surface area contributed by atoms with E-state index >= 15 is 0 Å². The maximum atomic E-state index is 13.3. The number of hydrogen-bond acceptors (Lipinski definition) is 7. The first-order valence-electron chi connectivity index (χ1n) is 11.9. The van der Waals surface area contributed by atoms with Crippen LogP contribution in [0.1, 0.15) is 22.3 Å². The van der Waals surface area contributed by atoms with Crippen molar-refractivity contribution in [2.24, 2.45) is 7.05 Å². The van der Waals surface area contributed by atoms with E-state index in [0.29, 0.717) is 49.3 Å². The zero-order chi connectivity index (χ0) is 25.1. The standard InChI is InChI=1S/C27H29N5O4/c1-19-5-6-25-24(8-19)27(34)22(18-36-25)13-31-14-23(35-17-20-4-3-7-28-9-20)15-32(26(33)16-31)12-21-10-29-30(2)11-21/h3-11,18,23H,12-17H2,1-2H3. The minimum atomic E-state index is -0.247. The number of aryl methyl sites for hydroxylation is 2. The molecule has 1 aliphatic heterocycles. The van der Waals surface area contributed by atoms with Crippen LogP contribution in [0.25, 0.3) is 11.0 Å². The fourth-order valence-electron chi connectivity index (χ4n) is 4.53. The topological polar surface area (TPSA) is 93.7 Å². The molecule has 36 heavy (non-hydrogen) atoms. The van der Waals surface area contributed by atoms with Crippen LogP contribution in [-0.4, -0.2) is 56.2 Å². The van der Waals surface area contributed by atoms with Gasteiger partial charge in [0.15, 0.2) is 5.43 Å². The molecule has 0 radical (unpaired) electrons. The molecule has 1 amide bonds. The predicted octanol–water partition coefficient (Wildman–Crippen LogP) is 2.66. The maximum absolute atomic E-state index is 13.3. The van der Waals surface area contributed by atoms with Crippen LogP contribution in [-0.2, 0) is 36.3 Å². The molecule has 4 heterocycles. The van der Waals surface area contributed by atoms with Gasteiger partial charge in [-0.1, -0.05) is 17.7 Å². The van der Waals surface area contributed by atoms with E-state index in [-0.39, 0.29) is 24.0 Å². The Kier molecular flexibility index (Phi) is 6.92. The van der Waals surface area contributed by atoms with Crippen LogP contribution in [0.5, 0.6) is 0 Å². The molecule has 0 aliphatic carbocycles. The summed E-state index contributed by atoms with van der Waals surface area (Å²) in [7, 11) is 1.85. The fraction of sp³-hybridized carbons (Fsp3) is 0.333. The third kappa shape index (κ3) is 5.53. The number of pyridine rings is 1. The first kappa shape index (κ1) is 23.9. The number of carbonyl (C=O) groups is 1. The highest BCUT2D eigenvalue weighted by Crippen LogP contribution is 2.18. The van der Waals surface area contributed by atoms with Gasteiger partial charge in [0.2, 0.25) is 5.91 Å². The molecule has 0 spiro atoms. The molecule has 1 fully saturated rings. The second kappa shape index (κ2) is 10.4. The molecule has 1 aliphatic rings. The van der Waals surface area contributed by atoms with Crippen molar-refractivity contribution >= 4 is 16.9 Å². The lowest BCUT2D eigenvalue weighted by atomic mass is 10.1. The Morgan fingerprint density at radius 1 is 1.11 bits per heavy atom. The van der Waals surface area contributed by atoms with E-state index < -0.39 is 0 Å². The average Bonchev–Trinajstić information content (AvgIpc) is 3.22. The van der Waals surface area contributed by atoms with Crippen molar-refractivity contribution in [3.63, 3.8) is 0 Å². The highest BCUT2D eigenvalue weighted by Gasteiger charge is 2.29. The Hall–Kier alpha value is -3.82. The largest absolute Gasteiger partial charge is 0.464 e. The second-order valence-electron chi connectivity index (χ2n) is 9.35. The molecule has 1 unspecified atom stereocenters. The highest BCUT2D eigenvalue weighted by molar-refractivity contribution is 5.79. The van der Waals surface area contributed by atoms with Gasteiger partial charge in [-0.05, 0) is 30.7 Å². The van der Waals surface area contributed by atoms with Crippen molar-refractivity contribution in [2.45, 2.75) is 32.7 Å². The number of nitrogens with zero attached hydrogens (tertiary/aromatic N) is 5. The molecular weight excluding hydrogens is 458 g/mol.